The van der Waals surface area contributed by atoms with Gasteiger partial charge in [-0.2, -0.15) is 0 Å². The van der Waals surface area contributed by atoms with Crippen LogP contribution in [0.4, 0.5) is 9.59 Å². The molecule has 0 saturated carbocycles. The highest BCUT2D eigenvalue weighted by atomic mass is 79.9. The van der Waals surface area contributed by atoms with Crippen molar-refractivity contribution in [1.82, 2.24) is 11.1 Å². The number of carbonyl (C=O) groups is 2. The first kappa shape index (κ1) is 19.9. The highest BCUT2D eigenvalue weighted by Gasteiger charge is 1.95. The summed E-state index contributed by atoms with van der Waals surface area (Å²) in [6, 6.07) is 10.2. The fourth-order valence-electron chi connectivity index (χ4n) is 1.08. The van der Waals surface area contributed by atoms with Crippen LogP contribution in [0, 0.1) is 0 Å². The van der Waals surface area contributed by atoms with Crippen LogP contribution < -0.4 is 6.15 Å². The Kier molecular flexibility index (Phi) is 10.5. The van der Waals surface area contributed by atoms with Crippen LogP contribution in [0.5, 0.6) is 0 Å². The SMILES string of the molecule is Brc1nccc2ccccc12.N.O=C(O)O.O=C(O)O. The standard InChI is InChI=1S/C9H6BrN.2CH2O3.H3N/c10-9-8-4-2-1-3-7(8)5-6-11-9;2*2-1(3)4;/h1-6H;2*(H2,2,3,4);1H3. The van der Waals surface area contributed by atoms with Crippen LogP contribution in [0.3, 0.4) is 0 Å². The van der Waals surface area contributed by atoms with E-state index in [9.17, 15) is 0 Å². The van der Waals surface area contributed by atoms with E-state index < -0.39 is 12.3 Å². The molecule has 1 heterocycles. The predicted octanol–water partition coefficient (Wildman–Crippen LogP) is 3.60. The molecule has 0 aliphatic heterocycles. The highest BCUT2D eigenvalue weighted by Crippen LogP contribution is 2.20. The van der Waals surface area contributed by atoms with Gasteiger partial charge in [0.15, 0.2) is 0 Å². The molecule has 1 aromatic carbocycles. The van der Waals surface area contributed by atoms with Crippen LogP contribution in [0.15, 0.2) is 41.1 Å². The molecule has 7 N–H and O–H groups in total. The molecule has 0 bridgehead atoms. The number of fused-ring (bicyclic) bond motifs is 1. The van der Waals surface area contributed by atoms with E-state index in [-0.39, 0.29) is 6.15 Å². The van der Waals surface area contributed by atoms with Crippen molar-refractivity contribution >= 4 is 39.0 Å². The Hall–Kier alpha value is -2.39. The summed E-state index contributed by atoms with van der Waals surface area (Å²) in [6.07, 6.45) is -1.87. The number of hydrogen-bond acceptors (Lipinski definition) is 4. The number of benzene rings is 1. The van der Waals surface area contributed by atoms with Crippen molar-refractivity contribution in [2.75, 3.05) is 0 Å². The van der Waals surface area contributed by atoms with Crippen molar-refractivity contribution in [3.63, 3.8) is 0 Å². The van der Waals surface area contributed by atoms with Gasteiger partial charge >= 0.3 is 12.3 Å². The number of aromatic nitrogens is 1. The van der Waals surface area contributed by atoms with Gasteiger partial charge in [0, 0.05) is 11.6 Å². The Labute approximate surface area is 122 Å². The van der Waals surface area contributed by atoms with Gasteiger partial charge < -0.3 is 26.6 Å². The number of hydrogen-bond donors (Lipinski definition) is 5. The van der Waals surface area contributed by atoms with E-state index >= 15 is 0 Å². The minimum absolute atomic E-state index is 0. The third-order valence-electron chi connectivity index (χ3n) is 1.63. The van der Waals surface area contributed by atoms with Crippen LogP contribution in [0.25, 0.3) is 10.8 Å². The Bertz CT molecular complexity index is 538. The highest BCUT2D eigenvalue weighted by molar-refractivity contribution is 9.10. The summed E-state index contributed by atoms with van der Waals surface area (Å²) in [7, 11) is 0. The molecule has 20 heavy (non-hydrogen) atoms. The van der Waals surface area contributed by atoms with Gasteiger partial charge in [-0.05, 0) is 27.4 Å². The fraction of sp³-hybridized carbons (Fsp3) is 0. The van der Waals surface area contributed by atoms with Gasteiger partial charge in [-0.3, -0.25) is 0 Å². The zero-order chi connectivity index (χ0) is 14.8. The lowest BCUT2D eigenvalue weighted by Gasteiger charge is -1.96. The zero-order valence-corrected chi connectivity index (χ0v) is 11.7. The second-order valence-corrected chi connectivity index (χ2v) is 3.64. The van der Waals surface area contributed by atoms with Crippen LogP contribution in [0.2, 0.25) is 0 Å². The van der Waals surface area contributed by atoms with E-state index in [0.29, 0.717) is 0 Å². The summed E-state index contributed by atoms with van der Waals surface area (Å²) in [5, 5.41) is 30.3. The van der Waals surface area contributed by atoms with E-state index in [4.69, 9.17) is 30.0 Å². The van der Waals surface area contributed by atoms with Crippen LogP contribution in [-0.4, -0.2) is 37.7 Å². The van der Waals surface area contributed by atoms with E-state index in [1.165, 1.54) is 5.39 Å². The zero-order valence-electron chi connectivity index (χ0n) is 10.1. The monoisotopic (exact) mass is 348 g/mol. The number of rotatable bonds is 0. The number of pyridine rings is 1. The second kappa shape index (κ2) is 10.5. The van der Waals surface area contributed by atoms with Gasteiger partial charge in [0.2, 0.25) is 0 Å². The molecule has 0 unspecified atom stereocenters. The molecule has 0 spiro atoms. The van der Waals surface area contributed by atoms with Crippen molar-refractivity contribution < 1.29 is 30.0 Å². The van der Waals surface area contributed by atoms with Crippen LogP contribution in [0.1, 0.15) is 0 Å². The second-order valence-electron chi connectivity index (χ2n) is 2.89. The van der Waals surface area contributed by atoms with Crippen molar-refractivity contribution in [2.24, 2.45) is 0 Å². The minimum Gasteiger partial charge on any atom is -0.450 e. The van der Waals surface area contributed by atoms with Crippen LogP contribution >= 0.6 is 15.9 Å². The lowest BCUT2D eigenvalue weighted by atomic mass is 10.2. The lowest BCUT2D eigenvalue weighted by Crippen LogP contribution is -1.81. The van der Waals surface area contributed by atoms with Gasteiger partial charge in [0.05, 0.1) is 0 Å². The summed E-state index contributed by atoms with van der Waals surface area (Å²) < 4.78 is 0.913. The molecular weight excluding hydrogens is 336 g/mol. The van der Waals surface area contributed by atoms with Gasteiger partial charge in [0.25, 0.3) is 0 Å². The predicted molar refractivity (Wildman–Crippen MR) is 75.8 cm³/mol. The van der Waals surface area contributed by atoms with Gasteiger partial charge in [-0.1, -0.05) is 24.3 Å². The molecule has 8 nitrogen and oxygen atoms in total. The molecule has 0 radical (unpaired) electrons. The molecular formula is C11H13BrN2O6. The fourth-order valence-corrected chi connectivity index (χ4v) is 1.56. The van der Waals surface area contributed by atoms with E-state index in [2.05, 4.69) is 27.0 Å². The number of nitrogens with zero attached hydrogens (tertiary/aromatic N) is 1. The van der Waals surface area contributed by atoms with Crippen molar-refractivity contribution in [1.29, 1.82) is 0 Å². The molecule has 9 heteroatoms. The minimum atomic E-state index is -1.83. The first-order valence-corrected chi connectivity index (χ1v) is 5.47. The molecule has 2 aromatic rings. The normalized spacial score (nSPS) is 8.05. The summed E-state index contributed by atoms with van der Waals surface area (Å²) in [6.45, 7) is 0. The summed E-state index contributed by atoms with van der Waals surface area (Å²) in [5.41, 5.74) is 0. The Morgan fingerprint density at radius 3 is 1.85 bits per heavy atom. The quantitative estimate of drug-likeness (QED) is 0.450. The smallest absolute Gasteiger partial charge is 0.450 e. The van der Waals surface area contributed by atoms with Crippen molar-refractivity contribution in [3.8, 4) is 0 Å². The number of halogens is 1. The molecule has 0 aliphatic carbocycles. The Balaban J connectivity index is 0. The van der Waals surface area contributed by atoms with Gasteiger partial charge in [-0.15, -0.1) is 0 Å². The van der Waals surface area contributed by atoms with Gasteiger partial charge in [0.1, 0.15) is 4.60 Å². The lowest BCUT2D eigenvalue weighted by molar-refractivity contribution is 0.135. The Morgan fingerprint density at radius 2 is 1.40 bits per heavy atom. The van der Waals surface area contributed by atoms with E-state index in [1.54, 1.807) is 6.20 Å². The maximum absolute atomic E-state index is 8.56. The van der Waals surface area contributed by atoms with Gasteiger partial charge in [-0.25, -0.2) is 14.6 Å². The first-order chi connectivity index (χ1) is 8.84. The first-order valence-electron chi connectivity index (χ1n) is 4.67. The largest absolute Gasteiger partial charge is 0.503 e. The maximum Gasteiger partial charge on any atom is 0.503 e. The molecule has 0 fully saturated rings. The molecule has 0 atom stereocenters. The average molecular weight is 349 g/mol. The van der Waals surface area contributed by atoms with Crippen LogP contribution in [-0.2, 0) is 0 Å². The third kappa shape index (κ3) is 9.62. The molecule has 0 aliphatic rings. The summed E-state index contributed by atoms with van der Waals surface area (Å²) in [5.74, 6) is 0. The molecule has 0 amide bonds. The number of carboxylic acid groups (broad SMARTS) is 4. The summed E-state index contributed by atoms with van der Waals surface area (Å²) >= 11 is 3.39. The molecule has 1 aromatic heterocycles. The average Bonchev–Trinajstić information content (AvgIpc) is 2.28. The maximum atomic E-state index is 8.56. The molecule has 0 saturated heterocycles. The molecule has 110 valence electrons. The molecule has 2 rings (SSSR count). The Morgan fingerprint density at radius 1 is 0.950 bits per heavy atom. The summed E-state index contributed by atoms with van der Waals surface area (Å²) in [4.78, 5) is 21.2. The van der Waals surface area contributed by atoms with Crippen molar-refractivity contribution in [2.45, 2.75) is 0 Å². The van der Waals surface area contributed by atoms with E-state index in [1.807, 2.05) is 24.3 Å². The topological polar surface area (TPSA) is 163 Å². The van der Waals surface area contributed by atoms with Crippen molar-refractivity contribution in [3.05, 3.63) is 41.1 Å². The third-order valence-corrected chi connectivity index (χ3v) is 2.26. The van der Waals surface area contributed by atoms with E-state index in [0.717, 1.165) is 9.99 Å².